The van der Waals surface area contributed by atoms with Crippen molar-refractivity contribution in [1.29, 1.82) is 0 Å². The molecule has 0 bridgehead atoms. The van der Waals surface area contributed by atoms with Gasteiger partial charge in [-0.1, -0.05) is 0 Å². The number of rotatable bonds is 8. The molecule has 1 rings (SSSR count). The van der Waals surface area contributed by atoms with Gasteiger partial charge in [0.2, 0.25) is 0 Å². The standard InChI is InChI=1S/C11H25N3O4S/c1-11(10-18-3)14(8-9-17-2)19(15,16)13-6-4-12-5-7-13/h11-12H,4-10H2,1-3H3. The van der Waals surface area contributed by atoms with Gasteiger partial charge in [-0.2, -0.15) is 17.0 Å². The number of methoxy groups -OCH3 is 2. The van der Waals surface area contributed by atoms with Crippen LogP contribution in [0.2, 0.25) is 0 Å². The average molecular weight is 295 g/mol. The zero-order valence-corrected chi connectivity index (χ0v) is 12.8. The Morgan fingerprint density at radius 3 is 2.42 bits per heavy atom. The van der Waals surface area contributed by atoms with E-state index in [0.717, 1.165) is 0 Å². The Morgan fingerprint density at radius 2 is 1.89 bits per heavy atom. The lowest BCUT2D eigenvalue weighted by molar-refractivity contribution is 0.114. The van der Waals surface area contributed by atoms with Crippen molar-refractivity contribution in [1.82, 2.24) is 13.9 Å². The highest BCUT2D eigenvalue weighted by molar-refractivity contribution is 7.86. The van der Waals surface area contributed by atoms with Crippen LogP contribution in [0.5, 0.6) is 0 Å². The van der Waals surface area contributed by atoms with Gasteiger partial charge >= 0.3 is 0 Å². The highest BCUT2D eigenvalue weighted by atomic mass is 32.2. The van der Waals surface area contributed by atoms with E-state index in [1.54, 1.807) is 14.2 Å². The van der Waals surface area contributed by atoms with Gasteiger partial charge in [-0.05, 0) is 6.92 Å². The van der Waals surface area contributed by atoms with Crippen molar-refractivity contribution in [2.45, 2.75) is 13.0 Å². The highest BCUT2D eigenvalue weighted by Gasteiger charge is 2.33. The number of hydrogen-bond acceptors (Lipinski definition) is 5. The highest BCUT2D eigenvalue weighted by Crippen LogP contribution is 2.13. The Bertz CT molecular complexity index is 344. The monoisotopic (exact) mass is 295 g/mol. The molecule has 1 fully saturated rings. The first kappa shape index (κ1) is 16.8. The molecule has 1 saturated heterocycles. The second kappa shape index (κ2) is 8.13. The van der Waals surface area contributed by atoms with Crippen LogP contribution < -0.4 is 5.32 Å². The van der Waals surface area contributed by atoms with E-state index in [2.05, 4.69) is 5.32 Å². The summed E-state index contributed by atoms with van der Waals surface area (Å²) in [6.45, 7) is 5.32. The largest absolute Gasteiger partial charge is 0.383 e. The maximum atomic E-state index is 12.6. The van der Waals surface area contributed by atoms with Gasteiger partial charge in [0.1, 0.15) is 0 Å². The van der Waals surface area contributed by atoms with Gasteiger partial charge in [0, 0.05) is 53.0 Å². The Kier molecular flexibility index (Phi) is 7.19. The summed E-state index contributed by atoms with van der Waals surface area (Å²) in [6.07, 6.45) is 0. The maximum absolute atomic E-state index is 12.6. The van der Waals surface area contributed by atoms with E-state index in [0.29, 0.717) is 45.9 Å². The SMILES string of the molecule is COCCN(C(C)COC)S(=O)(=O)N1CCNCC1. The summed E-state index contributed by atoms with van der Waals surface area (Å²) in [5, 5.41) is 3.15. The molecule has 1 N–H and O–H groups in total. The summed E-state index contributed by atoms with van der Waals surface area (Å²) >= 11 is 0. The molecule has 1 heterocycles. The summed E-state index contributed by atoms with van der Waals surface area (Å²) in [5.74, 6) is 0. The van der Waals surface area contributed by atoms with E-state index >= 15 is 0 Å². The smallest absolute Gasteiger partial charge is 0.282 e. The van der Waals surface area contributed by atoms with Crippen LogP contribution in [0.1, 0.15) is 6.92 Å². The maximum Gasteiger partial charge on any atom is 0.282 e. The lowest BCUT2D eigenvalue weighted by atomic mass is 10.3. The molecule has 7 nitrogen and oxygen atoms in total. The fourth-order valence-electron chi connectivity index (χ4n) is 2.09. The molecule has 0 radical (unpaired) electrons. The fourth-order valence-corrected chi connectivity index (χ4v) is 3.85. The first-order chi connectivity index (χ1) is 9.04. The fraction of sp³-hybridized carbons (Fsp3) is 1.00. The number of nitrogens with zero attached hydrogens (tertiary/aromatic N) is 2. The third-order valence-corrected chi connectivity index (χ3v) is 5.27. The normalized spacial score (nSPS) is 19.8. The zero-order valence-electron chi connectivity index (χ0n) is 12.0. The first-order valence-electron chi connectivity index (χ1n) is 6.49. The van der Waals surface area contributed by atoms with Crippen LogP contribution in [0.4, 0.5) is 0 Å². The Labute approximate surface area is 116 Å². The van der Waals surface area contributed by atoms with Crippen molar-refractivity contribution in [3.8, 4) is 0 Å². The number of ether oxygens (including phenoxy) is 2. The summed E-state index contributed by atoms with van der Waals surface area (Å²) in [5.41, 5.74) is 0. The van der Waals surface area contributed by atoms with Crippen LogP contribution in [-0.4, -0.2) is 83.2 Å². The van der Waals surface area contributed by atoms with Gasteiger partial charge in [0.15, 0.2) is 0 Å². The average Bonchev–Trinajstić information content (AvgIpc) is 2.40. The van der Waals surface area contributed by atoms with Crippen molar-refractivity contribution >= 4 is 10.2 Å². The van der Waals surface area contributed by atoms with Gasteiger partial charge in [-0.3, -0.25) is 0 Å². The molecule has 0 aromatic carbocycles. The van der Waals surface area contributed by atoms with Crippen LogP contribution in [-0.2, 0) is 19.7 Å². The molecule has 1 aliphatic heterocycles. The third kappa shape index (κ3) is 4.66. The molecule has 19 heavy (non-hydrogen) atoms. The summed E-state index contributed by atoms with van der Waals surface area (Å²) < 4.78 is 38.3. The van der Waals surface area contributed by atoms with Crippen LogP contribution in [0, 0.1) is 0 Å². The first-order valence-corrected chi connectivity index (χ1v) is 7.89. The second-order valence-electron chi connectivity index (χ2n) is 4.56. The third-order valence-electron chi connectivity index (χ3n) is 3.11. The molecule has 0 aromatic rings. The number of piperazine rings is 1. The van der Waals surface area contributed by atoms with Crippen LogP contribution in [0.25, 0.3) is 0 Å². The summed E-state index contributed by atoms with van der Waals surface area (Å²) in [7, 11) is -0.313. The summed E-state index contributed by atoms with van der Waals surface area (Å²) in [4.78, 5) is 0. The van der Waals surface area contributed by atoms with Crippen molar-refractivity contribution in [2.24, 2.45) is 0 Å². The molecule has 8 heteroatoms. The van der Waals surface area contributed by atoms with Crippen LogP contribution in [0.3, 0.4) is 0 Å². The predicted octanol–water partition coefficient (Wildman–Crippen LogP) is -0.880. The van der Waals surface area contributed by atoms with Gasteiger partial charge in [0.05, 0.1) is 13.2 Å². The van der Waals surface area contributed by atoms with E-state index in [-0.39, 0.29) is 6.04 Å². The van der Waals surface area contributed by atoms with Crippen molar-refractivity contribution in [3.63, 3.8) is 0 Å². The predicted molar refractivity (Wildman–Crippen MR) is 73.3 cm³/mol. The van der Waals surface area contributed by atoms with Crippen LogP contribution >= 0.6 is 0 Å². The molecule has 0 spiro atoms. The van der Waals surface area contributed by atoms with Crippen molar-refractivity contribution in [2.75, 3.05) is 60.2 Å². The quantitative estimate of drug-likeness (QED) is 0.630. The van der Waals surface area contributed by atoms with Crippen LogP contribution in [0.15, 0.2) is 0 Å². The zero-order chi connectivity index (χ0) is 14.3. The van der Waals surface area contributed by atoms with E-state index in [1.165, 1.54) is 8.61 Å². The molecular formula is C11H25N3O4S. The second-order valence-corrected chi connectivity index (χ2v) is 6.45. The molecule has 114 valence electrons. The lowest BCUT2D eigenvalue weighted by Crippen LogP contribution is -2.55. The Hall–Kier alpha value is -0.250. The van der Waals surface area contributed by atoms with Crippen molar-refractivity contribution in [3.05, 3.63) is 0 Å². The lowest BCUT2D eigenvalue weighted by Gasteiger charge is -2.35. The molecule has 1 atom stereocenters. The topological polar surface area (TPSA) is 71.1 Å². The number of hydrogen-bond donors (Lipinski definition) is 1. The molecule has 0 aliphatic carbocycles. The minimum Gasteiger partial charge on any atom is -0.383 e. The minimum absolute atomic E-state index is 0.208. The van der Waals surface area contributed by atoms with E-state index in [9.17, 15) is 8.42 Å². The van der Waals surface area contributed by atoms with E-state index in [1.807, 2.05) is 6.92 Å². The Morgan fingerprint density at radius 1 is 1.26 bits per heavy atom. The van der Waals surface area contributed by atoms with E-state index < -0.39 is 10.2 Å². The van der Waals surface area contributed by atoms with Gasteiger partial charge in [-0.15, -0.1) is 0 Å². The van der Waals surface area contributed by atoms with Gasteiger partial charge in [0.25, 0.3) is 10.2 Å². The summed E-state index contributed by atoms with van der Waals surface area (Å²) in [6, 6.07) is -0.208. The Balaban J connectivity index is 2.80. The van der Waals surface area contributed by atoms with E-state index in [4.69, 9.17) is 9.47 Å². The molecule has 0 amide bonds. The molecule has 0 aromatic heterocycles. The molecule has 1 unspecified atom stereocenters. The van der Waals surface area contributed by atoms with Crippen molar-refractivity contribution < 1.29 is 17.9 Å². The minimum atomic E-state index is -3.45. The van der Waals surface area contributed by atoms with Gasteiger partial charge in [-0.25, -0.2) is 0 Å². The molecule has 1 aliphatic rings. The molecular weight excluding hydrogens is 270 g/mol. The molecule has 0 saturated carbocycles. The number of nitrogens with one attached hydrogen (secondary N) is 1. The van der Waals surface area contributed by atoms with Gasteiger partial charge < -0.3 is 14.8 Å².